The molecule has 14 heavy (non-hydrogen) atoms. The highest BCUT2D eigenvalue weighted by molar-refractivity contribution is 6.31. The average molecular weight is 213 g/mol. The largest absolute Gasteiger partial charge is 0.486 e. The van der Waals surface area contributed by atoms with E-state index in [-0.39, 0.29) is 5.91 Å². The van der Waals surface area contributed by atoms with Gasteiger partial charge in [0.05, 0.1) is 12.2 Å². The van der Waals surface area contributed by atoms with Crippen LogP contribution in [0.4, 0.5) is 5.69 Å². The molecule has 1 aromatic heterocycles. The fourth-order valence-corrected chi connectivity index (χ4v) is 1.65. The molecular formula is C9H9ClN2O2. The predicted molar refractivity (Wildman–Crippen MR) is 52.8 cm³/mol. The van der Waals surface area contributed by atoms with Crippen LogP contribution in [-0.2, 0) is 4.79 Å². The number of rotatable bonds is 0. The summed E-state index contributed by atoms with van der Waals surface area (Å²) in [5.74, 6) is 0.479. The molecule has 4 nitrogen and oxygen atoms in total. The highest BCUT2D eigenvalue weighted by Gasteiger charge is 2.23. The SMILES string of the molecule is CC(=O)N1CCOc2c1ccnc2Cl. The number of carbonyl (C=O) groups is 1. The molecule has 2 heterocycles. The number of pyridine rings is 1. The number of hydrogen-bond acceptors (Lipinski definition) is 3. The van der Waals surface area contributed by atoms with Gasteiger partial charge in [-0.3, -0.25) is 4.79 Å². The zero-order valence-electron chi connectivity index (χ0n) is 7.66. The Balaban J connectivity index is 2.49. The van der Waals surface area contributed by atoms with Crippen LogP contribution in [0.25, 0.3) is 0 Å². The summed E-state index contributed by atoms with van der Waals surface area (Å²) in [6, 6.07) is 1.72. The smallest absolute Gasteiger partial charge is 0.224 e. The third-order valence-corrected chi connectivity index (χ3v) is 2.34. The van der Waals surface area contributed by atoms with Crippen LogP contribution in [0.2, 0.25) is 5.15 Å². The monoisotopic (exact) mass is 212 g/mol. The topological polar surface area (TPSA) is 42.4 Å². The molecular weight excluding hydrogens is 204 g/mol. The molecule has 1 aliphatic heterocycles. The first-order valence-corrected chi connectivity index (χ1v) is 4.63. The summed E-state index contributed by atoms with van der Waals surface area (Å²) in [5.41, 5.74) is 0.698. The Morgan fingerprint density at radius 1 is 1.71 bits per heavy atom. The van der Waals surface area contributed by atoms with Gasteiger partial charge in [0.25, 0.3) is 0 Å². The van der Waals surface area contributed by atoms with Crippen molar-refractivity contribution in [3.05, 3.63) is 17.4 Å². The summed E-state index contributed by atoms with van der Waals surface area (Å²) >= 11 is 5.84. The number of fused-ring (bicyclic) bond motifs is 1. The van der Waals surface area contributed by atoms with E-state index in [4.69, 9.17) is 16.3 Å². The second-order valence-corrected chi connectivity index (χ2v) is 3.33. The first-order valence-electron chi connectivity index (χ1n) is 4.25. The average Bonchev–Trinajstić information content (AvgIpc) is 2.17. The van der Waals surface area contributed by atoms with Crippen molar-refractivity contribution in [1.82, 2.24) is 4.98 Å². The number of halogens is 1. The first-order chi connectivity index (χ1) is 6.70. The summed E-state index contributed by atoms with van der Waals surface area (Å²) in [6.07, 6.45) is 1.56. The minimum Gasteiger partial charge on any atom is -0.486 e. The molecule has 0 saturated heterocycles. The molecule has 1 aliphatic rings. The summed E-state index contributed by atoms with van der Waals surface area (Å²) in [7, 11) is 0. The summed E-state index contributed by atoms with van der Waals surface area (Å²) in [5, 5.41) is 0.299. The number of aromatic nitrogens is 1. The lowest BCUT2D eigenvalue weighted by molar-refractivity contribution is -0.116. The van der Waals surface area contributed by atoms with E-state index in [9.17, 15) is 4.79 Å². The maximum absolute atomic E-state index is 11.3. The number of hydrogen-bond donors (Lipinski definition) is 0. The minimum absolute atomic E-state index is 0.0168. The van der Waals surface area contributed by atoms with Gasteiger partial charge < -0.3 is 9.64 Å². The van der Waals surface area contributed by atoms with Gasteiger partial charge in [-0.15, -0.1) is 0 Å². The zero-order chi connectivity index (χ0) is 10.1. The van der Waals surface area contributed by atoms with Gasteiger partial charge >= 0.3 is 0 Å². The van der Waals surface area contributed by atoms with Crippen molar-refractivity contribution in [3.8, 4) is 5.75 Å². The summed E-state index contributed by atoms with van der Waals surface area (Å²) < 4.78 is 5.35. The summed E-state index contributed by atoms with van der Waals surface area (Å²) in [6.45, 7) is 2.53. The van der Waals surface area contributed by atoms with Gasteiger partial charge in [-0.05, 0) is 6.07 Å². The number of amides is 1. The van der Waals surface area contributed by atoms with Crippen molar-refractivity contribution in [3.63, 3.8) is 0 Å². The molecule has 1 aromatic rings. The van der Waals surface area contributed by atoms with Crippen LogP contribution in [0.15, 0.2) is 12.3 Å². The number of carbonyl (C=O) groups excluding carboxylic acids is 1. The van der Waals surface area contributed by atoms with Crippen molar-refractivity contribution in [1.29, 1.82) is 0 Å². The van der Waals surface area contributed by atoms with E-state index in [1.807, 2.05) is 0 Å². The van der Waals surface area contributed by atoms with Crippen LogP contribution >= 0.6 is 11.6 Å². The molecule has 0 aliphatic carbocycles. The minimum atomic E-state index is -0.0168. The lowest BCUT2D eigenvalue weighted by Gasteiger charge is -2.28. The highest BCUT2D eigenvalue weighted by atomic mass is 35.5. The van der Waals surface area contributed by atoms with E-state index in [0.29, 0.717) is 29.7 Å². The van der Waals surface area contributed by atoms with Crippen LogP contribution in [0.1, 0.15) is 6.92 Å². The van der Waals surface area contributed by atoms with Crippen molar-refractivity contribution >= 4 is 23.2 Å². The van der Waals surface area contributed by atoms with E-state index >= 15 is 0 Å². The molecule has 0 spiro atoms. The van der Waals surface area contributed by atoms with E-state index in [2.05, 4.69) is 4.98 Å². The fourth-order valence-electron chi connectivity index (χ4n) is 1.45. The maximum atomic E-state index is 11.3. The van der Waals surface area contributed by atoms with E-state index in [0.717, 1.165) is 0 Å². The van der Waals surface area contributed by atoms with Gasteiger partial charge in [-0.1, -0.05) is 11.6 Å². The van der Waals surface area contributed by atoms with Gasteiger partial charge in [0.2, 0.25) is 5.91 Å². The van der Waals surface area contributed by atoms with Crippen LogP contribution in [0.3, 0.4) is 0 Å². The van der Waals surface area contributed by atoms with E-state index in [1.54, 1.807) is 17.2 Å². The number of nitrogens with zero attached hydrogens (tertiary/aromatic N) is 2. The van der Waals surface area contributed by atoms with Crippen LogP contribution in [0.5, 0.6) is 5.75 Å². The first kappa shape index (κ1) is 9.27. The molecule has 0 N–H and O–H groups in total. The Morgan fingerprint density at radius 3 is 3.21 bits per heavy atom. The fraction of sp³-hybridized carbons (Fsp3) is 0.333. The zero-order valence-corrected chi connectivity index (χ0v) is 8.41. The molecule has 0 aromatic carbocycles. The molecule has 5 heteroatoms. The maximum Gasteiger partial charge on any atom is 0.224 e. The van der Waals surface area contributed by atoms with Gasteiger partial charge in [0.1, 0.15) is 6.61 Å². The van der Waals surface area contributed by atoms with E-state index in [1.165, 1.54) is 6.92 Å². The van der Waals surface area contributed by atoms with Crippen molar-refractivity contribution in [2.24, 2.45) is 0 Å². The quantitative estimate of drug-likeness (QED) is 0.612. The Kier molecular flexibility index (Phi) is 2.29. The Hall–Kier alpha value is -1.29. The second-order valence-electron chi connectivity index (χ2n) is 2.97. The lowest BCUT2D eigenvalue weighted by atomic mass is 10.3. The van der Waals surface area contributed by atoms with Gasteiger partial charge in [-0.25, -0.2) is 4.98 Å². The number of anilines is 1. The Labute approximate surface area is 86.4 Å². The number of ether oxygens (including phenoxy) is 1. The molecule has 74 valence electrons. The van der Waals surface area contributed by atoms with Gasteiger partial charge in [0, 0.05) is 13.1 Å². The Bertz CT molecular complexity index is 381. The predicted octanol–water partition coefficient (Wildman–Crippen LogP) is 1.48. The molecule has 1 amide bonds. The molecule has 2 rings (SSSR count). The van der Waals surface area contributed by atoms with Crippen LogP contribution in [0, 0.1) is 0 Å². The van der Waals surface area contributed by atoms with Crippen molar-refractivity contribution in [2.45, 2.75) is 6.92 Å². The van der Waals surface area contributed by atoms with E-state index < -0.39 is 0 Å². The third-order valence-electron chi connectivity index (χ3n) is 2.07. The standard InChI is InChI=1S/C9H9ClN2O2/c1-6(13)12-4-5-14-8-7(12)2-3-11-9(8)10/h2-3H,4-5H2,1H3. The normalized spacial score (nSPS) is 14.6. The molecule has 0 bridgehead atoms. The van der Waals surface area contributed by atoms with Gasteiger partial charge in [0.15, 0.2) is 10.9 Å². The molecule has 0 radical (unpaired) electrons. The molecule has 0 unspecified atom stereocenters. The molecule has 0 fully saturated rings. The highest BCUT2D eigenvalue weighted by Crippen LogP contribution is 2.36. The van der Waals surface area contributed by atoms with Gasteiger partial charge in [-0.2, -0.15) is 0 Å². The summed E-state index contributed by atoms with van der Waals surface area (Å²) in [4.78, 5) is 16.8. The molecule has 0 saturated carbocycles. The van der Waals surface area contributed by atoms with Crippen molar-refractivity contribution < 1.29 is 9.53 Å². The third kappa shape index (κ3) is 1.42. The second kappa shape index (κ2) is 3.46. The van der Waals surface area contributed by atoms with Crippen LogP contribution < -0.4 is 9.64 Å². The Morgan fingerprint density at radius 2 is 2.50 bits per heavy atom. The van der Waals surface area contributed by atoms with Crippen LogP contribution in [-0.4, -0.2) is 24.0 Å². The molecule has 0 atom stereocenters. The van der Waals surface area contributed by atoms with Crippen molar-refractivity contribution in [2.75, 3.05) is 18.1 Å². The lowest BCUT2D eigenvalue weighted by Crippen LogP contribution is -2.36.